The molecule has 0 spiro atoms. The van der Waals surface area contributed by atoms with Gasteiger partial charge in [0.1, 0.15) is 0 Å². The van der Waals surface area contributed by atoms with Crippen molar-refractivity contribution >= 4 is 11.8 Å². The molecular weight excluding hydrogens is 334 g/mol. The Balaban J connectivity index is 1.53. The van der Waals surface area contributed by atoms with Gasteiger partial charge in [-0.2, -0.15) is 0 Å². The van der Waals surface area contributed by atoms with Crippen LogP contribution in [-0.4, -0.2) is 18.3 Å². The minimum Gasteiger partial charge on any atom is -0.313 e. The zero-order valence-corrected chi connectivity index (χ0v) is 16.2. The maximum atomic E-state index is 3.70. The topological polar surface area (TPSA) is 12.0 Å². The molecule has 26 heavy (non-hydrogen) atoms. The van der Waals surface area contributed by atoms with E-state index in [4.69, 9.17) is 0 Å². The summed E-state index contributed by atoms with van der Waals surface area (Å²) in [6, 6.07) is 32.8. The molecule has 3 aromatic rings. The Kier molecular flexibility index (Phi) is 7.36. The average Bonchev–Trinajstić information content (AvgIpc) is 2.72. The summed E-state index contributed by atoms with van der Waals surface area (Å²) in [7, 11) is 0. The highest BCUT2D eigenvalue weighted by Crippen LogP contribution is 2.27. The van der Waals surface area contributed by atoms with E-state index in [0.717, 1.165) is 18.7 Å². The average molecular weight is 362 g/mol. The van der Waals surface area contributed by atoms with Gasteiger partial charge in [0.05, 0.1) is 0 Å². The number of nitrogens with one attached hydrogen (secondary N) is 1. The third-order valence-electron chi connectivity index (χ3n) is 4.57. The lowest BCUT2D eigenvalue weighted by Crippen LogP contribution is -2.30. The maximum absolute atomic E-state index is 3.70. The molecule has 1 N–H and O–H groups in total. The van der Waals surface area contributed by atoms with Gasteiger partial charge in [0.25, 0.3) is 0 Å². The van der Waals surface area contributed by atoms with Crippen molar-refractivity contribution in [1.82, 2.24) is 5.32 Å². The van der Waals surface area contributed by atoms with Crippen LogP contribution in [0.2, 0.25) is 0 Å². The Bertz CT molecular complexity index is 703. The molecule has 0 fully saturated rings. The summed E-state index contributed by atoms with van der Waals surface area (Å²) >= 11 is 1.92. The van der Waals surface area contributed by atoms with Crippen LogP contribution >= 0.6 is 11.8 Å². The number of hydrogen-bond acceptors (Lipinski definition) is 2. The fraction of sp³-hybridized carbons (Fsp3) is 0.250. The second kappa shape index (κ2) is 10.2. The van der Waals surface area contributed by atoms with Crippen LogP contribution in [0.25, 0.3) is 0 Å². The molecule has 0 bridgehead atoms. The lowest BCUT2D eigenvalue weighted by atomic mass is 9.88. The predicted octanol–water partition coefficient (Wildman–Crippen LogP) is 5.98. The Morgan fingerprint density at radius 2 is 1.23 bits per heavy atom. The lowest BCUT2D eigenvalue weighted by Gasteiger charge is -2.20. The number of hydrogen-bond donors (Lipinski definition) is 1. The van der Waals surface area contributed by atoms with E-state index in [1.54, 1.807) is 0 Å². The van der Waals surface area contributed by atoms with Gasteiger partial charge in [0, 0.05) is 22.6 Å². The van der Waals surface area contributed by atoms with Crippen molar-refractivity contribution in [2.45, 2.75) is 30.2 Å². The highest BCUT2D eigenvalue weighted by atomic mass is 32.2. The SMILES string of the molecule is C[C@H](CSc1ccccc1)NCCC(c1ccccc1)c1ccccc1. The van der Waals surface area contributed by atoms with Crippen molar-refractivity contribution in [1.29, 1.82) is 0 Å². The Labute approximate surface area is 161 Å². The third-order valence-corrected chi connectivity index (χ3v) is 5.85. The van der Waals surface area contributed by atoms with Gasteiger partial charge in [-0.05, 0) is 43.1 Å². The summed E-state index contributed by atoms with van der Waals surface area (Å²) in [6.45, 7) is 3.29. The largest absolute Gasteiger partial charge is 0.313 e. The molecule has 2 heteroatoms. The van der Waals surface area contributed by atoms with Gasteiger partial charge in [0.2, 0.25) is 0 Å². The molecule has 0 heterocycles. The first-order valence-electron chi connectivity index (χ1n) is 9.34. The van der Waals surface area contributed by atoms with Gasteiger partial charge >= 0.3 is 0 Å². The minimum atomic E-state index is 0.443. The van der Waals surface area contributed by atoms with E-state index in [1.165, 1.54) is 16.0 Å². The maximum Gasteiger partial charge on any atom is 0.0133 e. The molecule has 1 nitrogen and oxygen atoms in total. The highest BCUT2D eigenvalue weighted by molar-refractivity contribution is 7.99. The normalized spacial score (nSPS) is 12.2. The molecule has 0 aliphatic heterocycles. The van der Waals surface area contributed by atoms with E-state index in [1.807, 2.05) is 11.8 Å². The number of rotatable bonds is 9. The fourth-order valence-corrected chi connectivity index (χ4v) is 4.08. The van der Waals surface area contributed by atoms with Crippen LogP contribution in [-0.2, 0) is 0 Å². The quantitative estimate of drug-likeness (QED) is 0.471. The molecule has 0 radical (unpaired) electrons. The smallest absolute Gasteiger partial charge is 0.0133 e. The number of thioether (sulfide) groups is 1. The summed E-state index contributed by atoms with van der Waals surface area (Å²) in [5.74, 6) is 1.53. The van der Waals surface area contributed by atoms with Crippen LogP contribution in [0.5, 0.6) is 0 Å². The van der Waals surface area contributed by atoms with Gasteiger partial charge < -0.3 is 5.32 Å². The summed E-state index contributed by atoms with van der Waals surface area (Å²) in [5, 5.41) is 3.70. The minimum absolute atomic E-state index is 0.443. The Morgan fingerprint density at radius 1 is 0.731 bits per heavy atom. The molecule has 0 aliphatic rings. The van der Waals surface area contributed by atoms with E-state index < -0.39 is 0 Å². The first-order valence-corrected chi connectivity index (χ1v) is 10.3. The van der Waals surface area contributed by atoms with E-state index >= 15 is 0 Å². The summed E-state index contributed by atoms with van der Waals surface area (Å²) in [6.07, 6.45) is 1.11. The molecule has 0 aliphatic carbocycles. The standard InChI is InChI=1S/C24H27NS/c1-20(19-26-23-15-9-4-10-16-23)25-18-17-24(21-11-5-2-6-12-21)22-13-7-3-8-14-22/h2-16,20,24-25H,17-19H2,1H3/t20-/m1/s1. The second-order valence-electron chi connectivity index (χ2n) is 6.64. The first kappa shape index (κ1) is 18.8. The van der Waals surface area contributed by atoms with Crippen molar-refractivity contribution < 1.29 is 0 Å². The highest BCUT2D eigenvalue weighted by Gasteiger charge is 2.14. The number of benzene rings is 3. The van der Waals surface area contributed by atoms with Crippen LogP contribution in [0.15, 0.2) is 95.9 Å². The Hall–Kier alpha value is -2.03. The molecule has 0 unspecified atom stereocenters. The van der Waals surface area contributed by atoms with E-state index in [-0.39, 0.29) is 0 Å². The molecule has 1 atom stereocenters. The van der Waals surface area contributed by atoms with Crippen molar-refractivity contribution in [2.24, 2.45) is 0 Å². The third kappa shape index (κ3) is 5.76. The zero-order chi connectivity index (χ0) is 18.0. The van der Waals surface area contributed by atoms with Crippen LogP contribution in [0, 0.1) is 0 Å². The van der Waals surface area contributed by atoms with Crippen LogP contribution in [0.1, 0.15) is 30.4 Å². The van der Waals surface area contributed by atoms with E-state index in [2.05, 4.69) is 103 Å². The predicted molar refractivity (Wildman–Crippen MR) is 114 cm³/mol. The molecule has 0 saturated heterocycles. The molecule has 134 valence electrons. The van der Waals surface area contributed by atoms with Crippen LogP contribution in [0.3, 0.4) is 0 Å². The van der Waals surface area contributed by atoms with E-state index in [0.29, 0.717) is 12.0 Å². The summed E-state index contributed by atoms with van der Waals surface area (Å²) < 4.78 is 0. The molecule has 3 aromatic carbocycles. The van der Waals surface area contributed by atoms with E-state index in [9.17, 15) is 0 Å². The molecule has 0 amide bonds. The van der Waals surface area contributed by atoms with Gasteiger partial charge in [-0.1, -0.05) is 78.9 Å². The summed E-state index contributed by atoms with van der Waals surface area (Å²) in [4.78, 5) is 1.34. The zero-order valence-electron chi connectivity index (χ0n) is 15.3. The first-order chi connectivity index (χ1) is 12.8. The monoisotopic (exact) mass is 361 g/mol. The van der Waals surface area contributed by atoms with Crippen molar-refractivity contribution in [3.8, 4) is 0 Å². The van der Waals surface area contributed by atoms with Crippen molar-refractivity contribution in [2.75, 3.05) is 12.3 Å². The molecular formula is C24H27NS. The lowest BCUT2D eigenvalue weighted by molar-refractivity contribution is 0.555. The summed E-state index contributed by atoms with van der Waals surface area (Å²) in [5.41, 5.74) is 2.79. The van der Waals surface area contributed by atoms with Gasteiger partial charge in [-0.15, -0.1) is 11.8 Å². The van der Waals surface area contributed by atoms with Crippen LogP contribution in [0.4, 0.5) is 0 Å². The van der Waals surface area contributed by atoms with Crippen LogP contribution < -0.4 is 5.32 Å². The van der Waals surface area contributed by atoms with Gasteiger partial charge in [0.15, 0.2) is 0 Å². The Morgan fingerprint density at radius 3 is 1.77 bits per heavy atom. The fourth-order valence-electron chi connectivity index (χ4n) is 3.17. The molecule has 0 aromatic heterocycles. The molecule has 0 saturated carbocycles. The second-order valence-corrected chi connectivity index (χ2v) is 7.74. The van der Waals surface area contributed by atoms with Gasteiger partial charge in [-0.3, -0.25) is 0 Å². The molecule has 3 rings (SSSR count). The van der Waals surface area contributed by atoms with Gasteiger partial charge in [-0.25, -0.2) is 0 Å². The van der Waals surface area contributed by atoms with Crippen molar-refractivity contribution in [3.05, 3.63) is 102 Å². The van der Waals surface area contributed by atoms with Crippen molar-refractivity contribution in [3.63, 3.8) is 0 Å².